The van der Waals surface area contributed by atoms with Crippen LogP contribution in [0.2, 0.25) is 0 Å². The van der Waals surface area contributed by atoms with E-state index >= 15 is 0 Å². The van der Waals surface area contributed by atoms with Gasteiger partial charge in [-0.3, -0.25) is 0 Å². The Bertz CT molecular complexity index is 1850. The van der Waals surface area contributed by atoms with Crippen LogP contribution in [-0.4, -0.2) is 0 Å². The Kier molecular flexibility index (Phi) is 7.38. The number of hydrogen-bond donors (Lipinski definition) is 0. The lowest BCUT2D eigenvalue weighted by atomic mass is 9.72. The van der Waals surface area contributed by atoms with Crippen molar-refractivity contribution in [2.24, 2.45) is 65.1 Å². The van der Waals surface area contributed by atoms with E-state index in [0.717, 1.165) is 82.9 Å². The molecule has 0 aromatic heterocycles. The molecule has 0 heteroatoms. The number of fused-ring (bicyclic) bond motifs is 23. The van der Waals surface area contributed by atoms with E-state index in [9.17, 15) is 0 Å². The van der Waals surface area contributed by atoms with E-state index in [2.05, 4.69) is 134 Å². The highest BCUT2D eigenvalue weighted by atomic mass is 14.6. The van der Waals surface area contributed by atoms with Crippen LogP contribution in [-0.2, 0) is 11.8 Å². The monoisotopic (exact) mass is 668 g/mol. The molecule has 0 amide bonds. The normalized spacial score (nSPS) is 44.0. The topological polar surface area (TPSA) is 0 Å². The van der Waals surface area contributed by atoms with Crippen molar-refractivity contribution in [2.75, 3.05) is 0 Å². The number of allylic oxidation sites excluding steroid dienone is 8. The summed E-state index contributed by atoms with van der Waals surface area (Å²) in [5, 5.41) is 0. The Morgan fingerprint density at radius 1 is 0.510 bits per heavy atom. The molecule has 15 atom stereocenters. The lowest BCUT2D eigenvalue weighted by molar-refractivity contribution is 0.206. The van der Waals surface area contributed by atoms with Gasteiger partial charge in [0.25, 0.3) is 0 Å². The van der Waals surface area contributed by atoms with Crippen molar-refractivity contribution in [1.82, 2.24) is 0 Å². The van der Waals surface area contributed by atoms with E-state index in [4.69, 9.17) is 0 Å². The quantitative estimate of drug-likeness (QED) is 0.179. The standard InChI is InChI=1S/C14H14.C14H16.C12H16.C11H10/c1-2-4-12-9(3-1)8-13-10-5-6-11(7-10)14(12)13;1-14(12-5-3-2-4-6-12)10-11-7-8-13(14)9-11;1-2-8-5-7(1)11-9-3-4-10(6-9)12(8)11;1-2-4-11-9-6-5-8(7-9)10(11)3-1/h1-6,10-11,13-14H,7-8H2;2-8,11,13H,9-10H2,1H3;1-2,7-12H,3-6H2;1-6,8-9H,7H2. The second-order valence-corrected chi connectivity index (χ2v) is 18.9. The largest absolute Gasteiger partial charge is 0.0851 e. The summed E-state index contributed by atoms with van der Waals surface area (Å²) in [6.07, 6.45) is 32.7. The predicted octanol–water partition coefficient (Wildman–Crippen LogP) is 12.4. The van der Waals surface area contributed by atoms with E-state index < -0.39 is 0 Å². The van der Waals surface area contributed by atoms with Gasteiger partial charge in [0.2, 0.25) is 0 Å². The summed E-state index contributed by atoms with van der Waals surface area (Å²) in [5.41, 5.74) is 8.37. The van der Waals surface area contributed by atoms with Gasteiger partial charge >= 0.3 is 0 Å². The van der Waals surface area contributed by atoms with Crippen LogP contribution in [0.4, 0.5) is 0 Å². The minimum atomic E-state index is 0.417. The third-order valence-electron chi connectivity index (χ3n) is 16.7. The van der Waals surface area contributed by atoms with Gasteiger partial charge in [0.1, 0.15) is 0 Å². The van der Waals surface area contributed by atoms with E-state index in [0.29, 0.717) is 5.41 Å². The number of rotatable bonds is 1. The van der Waals surface area contributed by atoms with Crippen LogP contribution in [0, 0.1) is 65.1 Å². The molecule has 51 heavy (non-hydrogen) atoms. The first-order chi connectivity index (χ1) is 25.1. The van der Waals surface area contributed by atoms with E-state index in [1.807, 2.05) is 0 Å². The van der Waals surface area contributed by atoms with Crippen LogP contribution >= 0.6 is 0 Å². The van der Waals surface area contributed by atoms with Gasteiger partial charge in [-0.15, -0.1) is 0 Å². The first-order valence-electron chi connectivity index (χ1n) is 21.1. The first kappa shape index (κ1) is 31.2. The number of hydrogen-bond acceptors (Lipinski definition) is 0. The van der Waals surface area contributed by atoms with Crippen molar-refractivity contribution in [1.29, 1.82) is 0 Å². The summed E-state index contributed by atoms with van der Waals surface area (Å²) in [6, 6.07) is 28.9. The Hall–Kier alpha value is -3.38. The Morgan fingerprint density at radius 3 is 1.78 bits per heavy atom. The molecule has 3 aromatic rings. The molecule has 3 aromatic carbocycles. The van der Waals surface area contributed by atoms with Crippen molar-refractivity contribution in [3.05, 3.63) is 155 Å². The lowest BCUT2D eigenvalue weighted by Gasteiger charge is -2.32. The first-order valence-corrected chi connectivity index (χ1v) is 21.1. The van der Waals surface area contributed by atoms with Crippen LogP contribution in [0.5, 0.6) is 0 Å². The molecule has 0 aliphatic heterocycles. The third kappa shape index (κ3) is 4.97. The molecular formula is C51H56. The van der Waals surface area contributed by atoms with Gasteiger partial charge in [-0.25, -0.2) is 0 Å². The molecule has 14 rings (SSSR count). The maximum absolute atomic E-state index is 2.53. The maximum atomic E-state index is 2.53. The molecule has 260 valence electrons. The highest BCUT2D eigenvalue weighted by Crippen LogP contribution is 2.65. The summed E-state index contributed by atoms with van der Waals surface area (Å²) in [5.74, 6) is 13.4. The van der Waals surface area contributed by atoms with Crippen molar-refractivity contribution >= 4 is 0 Å². The predicted molar refractivity (Wildman–Crippen MR) is 210 cm³/mol. The van der Waals surface area contributed by atoms with Gasteiger partial charge in [-0.2, -0.15) is 0 Å². The van der Waals surface area contributed by atoms with Crippen molar-refractivity contribution in [3.63, 3.8) is 0 Å². The average Bonchev–Trinajstić information content (AvgIpc) is 4.04. The fraction of sp³-hybridized carbons (Fsp3) is 0.490. The molecule has 10 bridgehead atoms. The summed E-state index contributed by atoms with van der Waals surface area (Å²) in [7, 11) is 0. The van der Waals surface area contributed by atoms with Gasteiger partial charge in [0.15, 0.2) is 0 Å². The van der Waals surface area contributed by atoms with E-state index in [1.54, 1.807) is 41.5 Å². The van der Waals surface area contributed by atoms with E-state index in [1.165, 1.54) is 44.1 Å². The molecule has 0 radical (unpaired) electrons. The molecule has 11 aliphatic carbocycles. The van der Waals surface area contributed by atoms with Gasteiger partial charge < -0.3 is 0 Å². The van der Waals surface area contributed by atoms with Crippen LogP contribution in [0.25, 0.3) is 0 Å². The smallest absolute Gasteiger partial charge is 0.00299 e. The molecule has 11 aliphatic rings. The summed E-state index contributed by atoms with van der Waals surface area (Å²) >= 11 is 0. The molecule has 0 spiro atoms. The van der Waals surface area contributed by atoms with Crippen molar-refractivity contribution < 1.29 is 0 Å². The van der Waals surface area contributed by atoms with Crippen molar-refractivity contribution in [3.8, 4) is 0 Å². The third-order valence-corrected chi connectivity index (χ3v) is 16.7. The van der Waals surface area contributed by atoms with Crippen LogP contribution in [0.15, 0.2) is 127 Å². The van der Waals surface area contributed by atoms with Gasteiger partial charge in [0.05, 0.1) is 0 Å². The van der Waals surface area contributed by atoms with Gasteiger partial charge in [0, 0.05) is 11.8 Å². The SMILES string of the molecule is C1=CC2CC1C1C3CCC(C3)C21.C1=CC2CC1C1Cc3ccccc3C21.C1=CC2CC1c1ccccc12.CC1(c2ccccc2)CC2C=CC1C2. The summed E-state index contributed by atoms with van der Waals surface area (Å²) < 4.78 is 0. The Balaban J connectivity index is 0.0000000814. The zero-order valence-electron chi connectivity index (χ0n) is 30.6. The molecule has 5 fully saturated rings. The molecule has 0 heterocycles. The summed E-state index contributed by atoms with van der Waals surface area (Å²) in [4.78, 5) is 0. The minimum Gasteiger partial charge on any atom is -0.0851 e. The second-order valence-electron chi connectivity index (χ2n) is 18.9. The summed E-state index contributed by atoms with van der Waals surface area (Å²) in [6.45, 7) is 2.43. The Labute approximate surface area is 307 Å². The fourth-order valence-corrected chi connectivity index (χ4v) is 14.5. The lowest BCUT2D eigenvalue weighted by Crippen LogP contribution is -2.26. The van der Waals surface area contributed by atoms with Crippen LogP contribution < -0.4 is 0 Å². The molecule has 0 N–H and O–H groups in total. The van der Waals surface area contributed by atoms with Gasteiger partial charge in [-0.1, -0.05) is 134 Å². The number of benzene rings is 3. The minimum absolute atomic E-state index is 0.417. The highest BCUT2D eigenvalue weighted by Gasteiger charge is 2.57. The molecule has 0 saturated heterocycles. The van der Waals surface area contributed by atoms with E-state index in [-0.39, 0.29) is 0 Å². The average molecular weight is 669 g/mol. The van der Waals surface area contributed by atoms with Crippen LogP contribution in [0.1, 0.15) is 104 Å². The Morgan fingerprint density at radius 2 is 1.12 bits per heavy atom. The highest BCUT2D eigenvalue weighted by molar-refractivity contribution is 5.47. The molecule has 15 unspecified atom stereocenters. The zero-order valence-corrected chi connectivity index (χ0v) is 30.6. The molecular weight excluding hydrogens is 613 g/mol. The van der Waals surface area contributed by atoms with Crippen LogP contribution in [0.3, 0.4) is 0 Å². The maximum Gasteiger partial charge on any atom is 0.00299 e. The fourth-order valence-electron chi connectivity index (χ4n) is 14.5. The molecule has 5 saturated carbocycles. The van der Waals surface area contributed by atoms with Crippen molar-refractivity contribution in [2.45, 2.75) is 87.9 Å². The van der Waals surface area contributed by atoms with Gasteiger partial charge in [-0.05, 0) is 162 Å². The molecule has 0 nitrogen and oxygen atoms in total. The second kappa shape index (κ2) is 12.1. The zero-order chi connectivity index (χ0) is 33.7.